The van der Waals surface area contributed by atoms with Crippen LogP contribution >= 0.6 is 0 Å². The third-order valence-electron chi connectivity index (χ3n) is 2.88. The highest BCUT2D eigenvalue weighted by molar-refractivity contribution is 5.74. The summed E-state index contributed by atoms with van der Waals surface area (Å²) in [5, 5.41) is 8.57. The molecular weight excluding hydrogens is 269 g/mol. The summed E-state index contributed by atoms with van der Waals surface area (Å²) in [6, 6.07) is 6.99. The fraction of sp³-hybridized carbons (Fsp3) is 0.400. The molecule has 0 saturated heterocycles. The Morgan fingerprint density at radius 1 is 1.15 bits per heavy atom. The zero-order valence-corrected chi connectivity index (χ0v) is 11.5. The highest BCUT2D eigenvalue weighted by atomic mass is 19.4. The minimum Gasteiger partial charge on any atom is -0.481 e. The van der Waals surface area contributed by atoms with Crippen molar-refractivity contribution >= 4 is 12.0 Å². The lowest BCUT2D eigenvalue weighted by atomic mass is 9.86. The molecule has 0 aliphatic rings. The van der Waals surface area contributed by atoms with E-state index in [1.807, 2.05) is 32.9 Å². The van der Waals surface area contributed by atoms with Crippen LogP contribution in [0.2, 0.25) is 0 Å². The van der Waals surface area contributed by atoms with E-state index in [-0.39, 0.29) is 5.41 Å². The van der Waals surface area contributed by atoms with Crippen molar-refractivity contribution in [2.45, 2.75) is 32.4 Å². The van der Waals surface area contributed by atoms with Crippen LogP contribution in [0.4, 0.5) is 13.2 Å². The largest absolute Gasteiger partial charge is 0.481 e. The van der Waals surface area contributed by atoms with Gasteiger partial charge < -0.3 is 5.11 Å². The molecule has 0 aromatic heterocycles. The maximum absolute atomic E-state index is 12.5. The van der Waals surface area contributed by atoms with Crippen molar-refractivity contribution in [2.24, 2.45) is 5.92 Å². The molecule has 0 radical (unpaired) electrons. The second kappa shape index (κ2) is 5.69. The lowest BCUT2D eigenvalue weighted by molar-refractivity contribution is -0.183. The van der Waals surface area contributed by atoms with Crippen molar-refractivity contribution in [3.63, 3.8) is 0 Å². The average Bonchev–Trinajstić information content (AvgIpc) is 2.26. The van der Waals surface area contributed by atoms with Gasteiger partial charge in [0.25, 0.3) is 0 Å². The fourth-order valence-electron chi connectivity index (χ4n) is 1.63. The van der Waals surface area contributed by atoms with Gasteiger partial charge in [0.05, 0.1) is 0 Å². The van der Waals surface area contributed by atoms with Crippen molar-refractivity contribution in [1.82, 2.24) is 0 Å². The second-order valence-corrected chi connectivity index (χ2v) is 5.59. The number of halogens is 3. The van der Waals surface area contributed by atoms with Crippen LogP contribution in [0.5, 0.6) is 0 Å². The number of hydrogen-bond donors (Lipinski definition) is 1. The van der Waals surface area contributed by atoms with E-state index in [9.17, 15) is 18.0 Å². The summed E-state index contributed by atoms with van der Waals surface area (Å²) in [6.45, 7) is 6.09. The summed E-state index contributed by atoms with van der Waals surface area (Å²) in [6.07, 6.45) is -2.94. The molecule has 1 N–H and O–H groups in total. The molecule has 0 aliphatic carbocycles. The van der Waals surface area contributed by atoms with Gasteiger partial charge in [-0.25, -0.2) is 0 Å². The van der Waals surface area contributed by atoms with Crippen LogP contribution in [0.25, 0.3) is 6.08 Å². The molecule has 110 valence electrons. The van der Waals surface area contributed by atoms with E-state index in [1.54, 1.807) is 12.1 Å². The Hall–Kier alpha value is -1.78. The second-order valence-electron chi connectivity index (χ2n) is 5.59. The molecule has 2 nitrogen and oxygen atoms in total. The standard InChI is InChI=1S/C15H17F3O2/c1-14(2,3)11-7-4-10(5-8-11)6-9-12(13(19)20)15(16,17)18/h4-9,12H,1-3H3,(H,19,20)/b9-6-. The summed E-state index contributed by atoms with van der Waals surface area (Å²) in [7, 11) is 0. The molecule has 0 amide bonds. The number of benzene rings is 1. The predicted molar refractivity (Wildman–Crippen MR) is 71.4 cm³/mol. The molecule has 0 saturated carbocycles. The zero-order chi connectivity index (χ0) is 15.6. The van der Waals surface area contributed by atoms with E-state index >= 15 is 0 Å². The average molecular weight is 286 g/mol. The SMILES string of the molecule is CC(C)(C)c1ccc(/C=C\C(C(=O)O)C(F)(F)F)cc1. The van der Waals surface area contributed by atoms with Crippen molar-refractivity contribution in [3.05, 3.63) is 41.5 Å². The van der Waals surface area contributed by atoms with E-state index < -0.39 is 18.1 Å². The van der Waals surface area contributed by atoms with Crippen molar-refractivity contribution in [3.8, 4) is 0 Å². The topological polar surface area (TPSA) is 37.3 Å². The van der Waals surface area contributed by atoms with Gasteiger partial charge in [0.15, 0.2) is 5.92 Å². The molecule has 5 heteroatoms. The Bertz CT molecular complexity index is 493. The quantitative estimate of drug-likeness (QED) is 0.901. The van der Waals surface area contributed by atoms with Crippen LogP contribution in [0.15, 0.2) is 30.3 Å². The van der Waals surface area contributed by atoms with E-state index in [1.165, 1.54) is 6.08 Å². The van der Waals surface area contributed by atoms with Crippen LogP contribution < -0.4 is 0 Å². The monoisotopic (exact) mass is 286 g/mol. The Morgan fingerprint density at radius 2 is 1.65 bits per heavy atom. The third-order valence-corrected chi connectivity index (χ3v) is 2.88. The van der Waals surface area contributed by atoms with Crippen LogP contribution in [-0.2, 0) is 10.2 Å². The molecule has 20 heavy (non-hydrogen) atoms. The number of hydrogen-bond acceptors (Lipinski definition) is 1. The van der Waals surface area contributed by atoms with E-state index in [4.69, 9.17) is 5.11 Å². The summed E-state index contributed by atoms with van der Waals surface area (Å²) >= 11 is 0. The van der Waals surface area contributed by atoms with Crippen LogP contribution in [0, 0.1) is 5.92 Å². The molecule has 0 heterocycles. The van der Waals surface area contributed by atoms with E-state index in [2.05, 4.69) is 0 Å². The molecule has 1 aromatic carbocycles. The number of alkyl halides is 3. The summed E-state index contributed by atoms with van der Waals surface area (Å²) < 4.78 is 37.4. The Labute approximate surface area is 115 Å². The highest BCUT2D eigenvalue weighted by Gasteiger charge is 2.43. The number of aliphatic carboxylic acids is 1. The van der Waals surface area contributed by atoms with Gasteiger partial charge in [-0.3, -0.25) is 4.79 Å². The lowest BCUT2D eigenvalue weighted by Crippen LogP contribution is -2.28. The Balaban J connectivity index is 2.93. The van der Waals surface area contributed by atoms with Gasteiger partial charge in [0.2, 0.25) is 0 Å². The van der Waals surface area contributed by atoms with Gasteiger partial charge in [-0.2, -0.15) is 13.2 Å². The molecule has 1 unspecified atom stereocenters. The van der Waals surface area contributed by atoms with Crippen molar-refractivity contribution < 1.29 is 23.1 Å². The minimum atomic E-state index is -4.78. The number of carbonyl (C=O) groups is 1. The lowest BCUT2D eigenvalue weighted by Gasteiger charge is -2.18. The molecular formula is C15H17F3O2. The molecule has 0 spiro atoms. The van der Waals surface area contributed by atoms with E-state index in [0.717, 1.165) is 5.56 Å². The van der Waals surface area contributed by atoms with Gasteiger partial charge in [-0.1, -0.05) is 57.2 Å². The zero-order valence-electron chi connectivity index (χ0n) is 11.5. The maximum Gasteiger partial charge on any atom is 0.405 e. The Kier molecular flexibility index (Phi) is 4.63. The molecule has 0 aliphatic heterocycles. The predicted octanol–water partition coefficient (Wildman–Crippen LogP) is 4.26. The first kappa shape index (κ1) is 16.3. The molecule has 1 aromatic rings. The number of rotatable bonds is 3. The van der Waals surface area contributed by atoms with Crippen LogP contribution in [-0.4, -0.2) is 17.3 Å². The van der Waals surface area contributed by atoms with Crippen LogP contribution in [0.3, 0.4) is 0 Å². The van der Waals surface area contributed by atoms with Gasteiger partial charge in [-0.15, -0.1) is 0 Å². The summed E-state index contributed by atoms with van der Waals surface area (Å²) in [5.41, 5.74) is 1.55. The van der Waals surface area contributed by atoms with Crippen LogP contribution in [0.1, 0.15) is 31.9 Å². The van der Waals surface area contributed by atoms with Crippen molar-refractivity contribution in [2.75, 3.05) is 0 Å². The fourth-order valence-corrected chi connectivity index (χ4v) is 1.63. The summed E-state index contributed by atoms with van der Waals surface area (Å²) in [4.78, 5) is 10.6. The first-order valence-corrected chi connectivity index (χ1v) is 6.10. The molecule has 0 bridgehead atoms. The van der Waals surface area contributed by atoms with E-state index in [0.29, 0.717) is 11.6 Å². The van der Waals surface area contributed by atoms with Crippen molar-refractivity contribution in [1.29, 1.82) is 0 Å². The number of carboxylic acids is 1. The highest BCUT2D eigenvalue weighted by Crippen LogP contribution is 2.28. The Morgan fingerprint density at radius 3 is 2.00 bits per heavy atom. The first-order valence-electron chi connectivity index (χ1n) is 6.10. The normalized spacial score (nSPS) is 14.5. The van der Waals surface area contributed by atoms with Gasteiger partial charge in [0, 0.05) is 0 Å². The number of carboxylic acid groups (broad SMARTS) is 1. The first-order chi connectivity index (χ1) is 9.01. The third kappa shape index (κ3) is 4.40. The maximum atomic E-state index is 12.5. The van der Waals surface area contributed by atoms with Gasteiger partial charge >= 0.3 is 12.1 Å². The molecule has 1 atom stereocenters. The smallest absolute Gasteiger partial charge is 0.405 e. The minimum absolute atomic E-state index is 0.0438. The molecule has 1 rings (SSSR count). The van der Waals surface area contributed by atoms with Gasteiger partial charge in [-0.05, 0) is 16.5 Å². The molecule has 0 fully saturated rings. The van der Waals surface area contributed by atoms with Gasteiger partial charge in [0.1, 0.15) is 0 Å². The summed E-state index contributed by atoms with van der Waals surface area (Å²) in [5.74, 6) is -4.38.